The molecule has 1 fully saturated rings. The Morgan fingerprint density at radius 3 is 2.76 bits per heavy atom. The van der Waals surface area contributed by atoms with E-state index in [1.165, 1.54) is 4.90 Å². The van der Waals surface area contributed by atoms with Crippen LogP contribution in [0.1, 0.15) is 19.8 Å². The topological polar surface area (TPSA) is 72.7 Å². The van der Waals surface area contributed by atoms with E-state index in [-0.39, 0.29) is 35.6 Å². The molecule has 114 valence electrons. The Hall–Kier alpha value is -1.89. The van der Waals surface area contributed by atoms with Crippen LogP contribution >= 0.6 is 11.6 Å². The van der Waals surface area contributed by atoms with E-state index in [9.17, 15) is 19.3 Å². The Morgan fingerprint density at radius 2 is 2.24 bits per heavy atom. The average molecular weight is 317 g/mol. The van der Waals surface area contributed by atoms with Crippen molar-refractivity contribution >= 4 is 28.9 Å². The zero-order chi connectivity index (χ0) is 15.6. The fourth-order valence-corrected chi connectivity index (χ4v) is 2.20. The maximum absolute atomic E-state index is 13.7. The zero-order valence-electron chi connectivity index (χ0n) is 11.3. The Labute approximate surface area is 125 Å². The molecule has 0 unspecified atom stereocenters. The lowest BCUT2D eigenvalue weighted by Crippen LogP contribution is -2.33. The summed E-state index contributed by atoms with van der Waals surface area (Å²) in [6.07, 6.45) is 1.58. The van der Waals surface area contributed by atoms with Gasteiger partial charge in [-0.15, -0.1) is 0 Å². The summed E-state index contributed by atoms with van der Waals surface area (Å²) in [5.74, 6) is -1.26. The summed E-state index contributed by atoms with van der Waals surface area (Å²) in [6, 6.07) is 1.94. The van der Waals surface area contributed by atoms with Crippen LogP contribution in [-0.2, 0) is 9.53 Å². The number of benzene rings is 1. The molecule has 0 atom stereocenters. The van der Waals surface area contributed by atoms with Gasteiger partial charge in [-0.25, -0.2) is 4.39 Å². The van der Waals surface area contributed by atoms with Crippen molar-refractivity contribution in [3.8, 4) is 0 Å². The van der Waals surface area contributed by atoms with Gasteiger partial charge < -0.3 is 9.64 Å². The molecule has 1 aliphatic rings. The SMILES string of the molecule is CCOC(=O)CN(c1cc(F)c(Cl)cc1[N+](=O)[O-])C1CC1. The average Bonchev–Trinajstić information content (AvgIpc) is 3.23. The van der Waals surface area contributed by atoms with Gasteiger partial charge in [0.25, 0.3) is 5.69 Å². The fraction of sp³-hybridized carbons (Fsp3) is 0.462. The molecular formula is C13H14ClFN2O4. The molecule has 1 aliphatic carbocycles. The number of hydrogen-bond donors (Lipinski definition) is 0. The highest BCUT2D eigenvalue weighted by molar-refractivity contribution is 6.31. The van der Waals surface area contributed by atoms with Crippen LogP contribution in [0, 0.1) is 15.9 Å². The third-order valence-electron chi connectivity index (χ3n) is 3.12. The molecule has 6 nitrogen and oxygen atoms in total. The van der Waals surface area contributed by atoms with Gasteiger partial charge in [0.1, 0.15) is 18.0 Å². The van der Waals surface area contributed by atoms with Crippen molar-refractivity contribution in [2.45, 2.75) is 25.8 Å². The third kappa shape index (κ3) is 3.60. The molecule has 0 aliphatic heterocycles. The minimum Gasteiger partial charge on any atom is -0.465 e. The van der Waals surface area contributed by atoms with E-state index in [0.717, 1.165) is 25.0 Å². The van der Waals surface area contributed by atoms with Gasteiger partial charge in [-0.05, 0) is 19.8 Å². The summed E-state index contributed by atoms with van der Waals surface area (Å²) >= 11 is 5.60. The molecule has 1 aromatic carbocycles. The van der Waals surface area contributed by atoms with Gasteiger partial charge in [0.2, 0.25) is 0 Å². The predicted octanol–water partition coefficient (Wildman–Crippen LogP) is 2.92. The van der Waals surface area contributed by atoms with Crippen molar-refractivity contribution in [2.24, 2.45) is 0 Å². The molecule has 0 heterocycles. The maximum atomic E-state index is 13.7. The van der Waals surface area contributed by atoms with Crippen LogP contribution in [0.5, 0.6) is 0 Å². The smallest absolute Gasteiger partial charge is 0.325 e. The van der Waals surface area contributed by atoms with Gasteiger partial charge in [0.05, 0.1) is 16.6 Å². The first-order valence-electron chi connectivity index (χ1n) is 6.49. The summed E-state index contributed by atoms with van der Waals surface area (Å²) in [5, 5.41) is 10.8. The van der Waals surface area contributed by atoms with Crippen molar-refractivity contribution < 1.29 is 18.8 Å². The maximum Gasteiger partial charge on any atom is 0.325 e. The highest BCUT2D eigenvalue weighted by atomic mass is 35.5. The molecule has 0 aromatic heterocycles. The molecule has 0 bridgehead atoms. The van der Waals surface area contributed by atoms with E-state index in [1.807, 2.05) is 0 Å². The number of halogens is 2. The number of nitro benzene ring substituents is 1. The summed E-state index contributed by atoms with van der Waals surface area (Å²) in [5.41, 5.74) is -0.268. The Morgan fingerprint density at radius 1 is 1.57 bits per heavy atom. The first kappa shape index (κ1) is 15.5. The van der Waals surface area contributed by atoms with E-state index < -0.39 is 16.7 Å². The van der Waals surface area contributed by atoms with Crippen molar-refractivity contribution in [1.29, 1.82) is 0 Å². The molecule has 0 N–H and O–H groups in total. The summed E-state index contributed by atoms with van der Waals surface area (Å²) in [7, 11) is 0. The molecule has 0 radical (unpaired) electrons. The minimum absolute atomic E-state index is 0.0197. The van der Waals surface area contributed by atoms with Crippen molar-refractivity contribution in [2.75, 3.05) is 18.1 Å². The number of esters is 1. The summed E-state index contributed by atoms with van der Waals surface area (Å²) in [4.78, 5) is 23.6. The number of carbonyl (C=O) groups is 1. The summed E-state index contributed by atoms with van der Waals surface area (Å²) < 4.78 is 18.5. The van der Waals surface area contributed by atoms with Crippen molar-refractivity contribution in [1.82, 2.24) is 0 Å². The molecule has 2 rings (SSSR count). The minimum atomic E-state index is -0.758. The van der Waals surface area contributed by atoms with Crippen LogP contribution in [0.25, 0.3) is 0 Å². The van der Waals surface area contributed by atoms with Crippen LogP contribution in [0.4, 0.5) is 15.8 Å². The van der Waals surface area contributed by atoms with Gasteiger partial charge in [-0.1, -0.05) is 11.6 Å². The molecule has 0 saturated heterocycles. The van der Waals surface area contributed by atoms with Gasteiger partial charge in [0.15, 0.2) is 0 Å². The number of carbonyl (C=O) groups excluding carboxylic acids is 1. The molecule has 1 aromatic rings. The number of anilines is 1. The van der Waals surface area contributed by atoms with Gasteiger partial charge in [-0.2, -0.15) is 0 Å². The molecule has 21 heavy (non-hydrogen) atoms. The first-order chi connectivity index (χ1) is 9.93. The van der Waals surface area contributed by atoms with Gasteiger partial charge in [0, 0.05) is 18.2 Å². The van der Waals surface area contributed by atoms with E-state index in [2.05, 4.69) is 0 Å². The van der Waals surface area contributed by atoms with E-state index in [1.54, 1.807) is 6.92 Å². The Balaban J connectivity index is 2.37. The van der Waals surface area contributed by atoms with E-state index in [4.69, 9.17) is 16.3 Å². The monoisotopic (exact) mass is 316 g/mol. The van der Waals surface area contributed by atoms with E-state index in [0.29, 0.717) is 0 Å². The Kier molecular flexibility index (Phi) is 4.62. The van der Waals surface area contributed by atoms with Crippen LogP contribution in [0.15, 0.2) is 12.1 Å². The standard InChI is InChI=1S/C13H14ClFN2O4/c1-2-21-13(18)7-16(8-3-4-8)11-6-10(15)9(14)5-12(11)17(19)20/h5-6,8H,2-4,7H2,1H3. The van der Waals surface area contributed by atoms with E-state index >= 15 is 0 Å². The number of rotatable bonds is 6. The number of nitrogens with zero attached hydrogens (tertiary/aromatic N) is 2. The van der Waals surface area contributed by atoms with Crippen molar-refractivity contribution in [3.63, 3.8) is 0 Å². The first-order valence-corrected chi connectivity index (χ1v) is 6.87. The normalized spacial score (nSPS) is 13.9. The zero-order valence-corrected chi connectivity index (χ0v) is 12.1. The van der Waals surface area contributed by atoms with Crippen LogP contribution in [0.3, 0.4) is 0 Å². The highest BCUT2D eigenvalue weighted by Gasteiger charge is 2.35. The lowest BCUT2D eigenvalue weighted by atomic mass is 10.2. The number of hydrogen-bond acceptors (Lipinski definition) is 5. The fourth-order valence-electron chi connectivity index (χ4n) is 2.05. The predicted molar refractivity (Wildman–Crippen MR) is 75.1 cm³/mol. The molecule has 0 amide bonds. The van der Waals surface area contributed by atoms with Crippen molar-refractivity contribution in [3.05, 3.63) is 33.1 Å². The third-order valence-corrected chi connectivity index (χ3v) is 3.41. The summed E-state index contributed by atoms with van der Waals surface area (Å²) in [6.45, 7) is 1.73. The second kappa shape index (κ2) is 6.26. The highest BCUT2D eigenvalue weighted by Crippen LogP contribution is 2.39. The Bertz CT molecular complexity index is 578. The molecule has 1 saturated carbocycles. The number of nitro groups is 1. The lowest BCUT2D eigenvalue weighted by Gasteiger charge is -2.23. The van der Waals surface area contributed by atoms with Crippen LogP contribution < -0.4 is 4.90 Å². The number of ether oxygens (including phenoxy) is 1. The van der Waals surface area contributed by atoms with Gasteiger partial charge in [-0.3, -0.25) is 14.9 Å². The molecular weight excluding hydrogens is 303 g/mol. The van der Waals surface area contributed by atoms with Crippen LogP contribution in [-0.4, -0.2) is 30.1 Å². The lowest BCUT2D eigenvalue weighted by molar-refractivity contribution is -0.384. The second-order valence-corrected chi connectivity index (χ2v) is 5.08. The largest absolute Gasteiger partial charge is 0.465 e. The van der Waals surface area contributed by atoms with Gasteiger partial charge >= 0.3 is 5.97 Å². The molecule has 0 spiro atoms. The second-order valence-electron chi connectivity index (χ2n) is 4.68. The molecule has 8 heteroatoms. The quantitative estimate of drug-likeness (QED) is 0.458. The van der Waals surface area contributed by atoms with Crippen LogP contribution in [0.2, 0.25) is 5.02 Å².